The van der Waals surface area contributed by atoms with E-state index in [1.165, 1.54) is 29.5 Å². The van der Waals surface area contributed by atoms with Crippen molar-refractivity contribution in [3.05, 3.63) is 64.2 Å². The van der Waals surface area contributed by atoms with Gasteiger partial charge < -0.3 is 14.6 Å². The molecule has 2 aliphatic rings. The van der Waals surface area contributed by atoms with Crippen molar-refractivity contribution in [3.63, 3.8) is 0 Å². The molecule has 0 bridgehead atoms. The van der Waals surface area contributed by atoms with E-state index in [0.29, 0.717) is 19.1 Å². The molecule has 0 radical (unpaired) electrons. The smallest absolute Gasteiger partial charge is 0.411 e. The number of hydrogen-bond acceptors (Lipinski definition) is 3. The largest absolute Gasteiger partial charge is 0.490 e. The van der Waals surface area contributed by atoms with Gasteiger partial charge in [0.25, 0.3) is 0 Å². The zero-order valence-corrected chi connectivity index (χ0v) is 19.2. The summed E-state index contributed by atoms with van der Waals surface area (Å²) in [6.45, 7) is 8.52. The summed E-state index contributed by atoms with van der Waals surface area (Å²) in [5.74, 6) is 0.836. The third kappa shape index (κ3) is 4.67. The number of carbonyl (C=O) groups is 1. The topological polar surface area (TPSA) is 49.8 Å². The fourth-order valence-corrected chi connectivity index (χ4v) is 5.06. The number of amides is 1. The second kappa shape index (κ2) is 9.08. The van der Waals surface area contributed by atoms with Gasteiger partial charge in [0.1, 0.15) is 5.75 Å². The number of carbonyl (C=O) groups excluding carboxylic acids is 1. The standard InChI is InChI=1S/C26H34BNO3/c1-17-9-11-20(13-19(17)3)14-23-24(16-28(26(23)29)27(4)30)21-12-10-18(2)25(15-21)31-22-7-5-6-8-22/h9-13,15,22-24,30H,5-8,14,16H2,1-4H3. The molecular weight excluding hydrogens is 385 g/mol. The minimum absolute atomic E-state index is 0.0373. The number of nitrogens with zero attached hydrogens (tertiary/aromatic N) is 1. The maximum Gasteiger partial charge on any atom is 0.411 e. The summed E-state index contributed by atoms with van der Waals surface area (Å²) < 4.78 is 6.34. The summed E-state index contributed by atoms with van der Waals surface area (Å²) in [7, 11) is -0.778. The Labute approximate surface area is 186 Å². The highest BCUT2D eigenvalue weighted by Crippen LogP contribution is 2.39. The Morgan fingerprint density at radius 2 is 1.74 bits per heavy atom. The van der Waals surface area contributed by atoms with Crippen LogP contribution in [-0.4, -0.2) is 35.4 Å². The molecule has 1 aliphatic carbocycles. The molecule has 2 fully saturated rings. The average molecular weight is 419 g/mol. The molecule has 164 valence electrons. The first kappa shape index (κ1) is 21.9. The third-order valence-corrected chi connectivity index (χ3v) is 7.19. The summed E-state index contributed by atoms with van der Waals surface area (Å²) in [5.41, 5.74) is 5.95. The Morgan fingerprint density at radius 3 is 2.42 bits per heavy atom. The number of hydrogen-bond donors (Lipinski definition) is 1. The fraction of sp³-hybridized carbons (Fsp3) is 0.500. The summed E-state index contributed by atoms with van der Waals surface area (Å²) >= 11 is 0. The van der Waals surface area contributed by atoms with E-state index in [2.05, 4.69) is 57.2 Å². The van der Waals surface area contributed by atoms with Gasteiger partial charge in [0.2, 0.25) is 5.91 Å². The SMILES string of the molecule is CB(O)N1CC(c2ccc(C)c(OC3CCCC3)c2)C(Cc2ccc(C)c(C)c2)C1=O. The molecule has 2 atom stereocenters. The van der Waals surface area contributed by atoms with Gasteiger partial charge in [-0.2, -0.15) is 0 Å². The Balaban J connectivity index is 1.63. The van der Waals surface area contributed by atoms with Gasteiger partial charge in [-0.15, -0.1) is 0 Å². The third-order valence-electron chi connectivity index (χ3n) is 7.19. The van der Waals surface area contributed by atoms with Crippen molar-refractivity contribution in [3.8, 4) is 5.75 Å². The molecular formula is C26H34BNO3. The number of rotatable bonds is 6. The van der Waals surface area contributed by atoms with Crippen LogP contribution in [-0.2, 0) is 11.2 Å². The van der Waals surface area contributed by atoms with Crippen LogP contribution in [0.25, 0.3) is 0 Å². The van der Waals surface area contributed by atoms with E-state index >= 15 is 0 Å². The summed E-state index contributed by atoms with van der Waals surface area (Å²) in [5, 5.41) is 10.2. The van der Waals surface area contributed by atoms with Gasteiger partial charge in [0.05, 0.1) is 6.10 Å². The summed E-state index contributed by atoms with van der Waals surface area (Å²) in [4.78, 5) is 14.9. The predicted molar refractivity (Wildman–Crippen MR) is 125 cm³/mol. The molecule has 1 saturated carbocycles. The van der Waals surface area contributed by atoms with Crippen LogP contribution in [0.2, 0.25) is 6.82 Å². The monoisotopic (exact) mass is 419 g/mol. The summed E-state index contributed by atoms with van der Waals surface area (Å²) in [6, 6.07) is 12.8. The minimum Gasteiger partial charge on any atom is -0.490 e. The molecule has 1 aliphatic heterocycles. The first-order valence-corrected chi connectivity index (χ1v) is 11.7. The van der Waals surface area contributed by atoms with E-state index in [1.54, 1.807) is 11.6 Å². The zero-order chi connectivity index (χ0) is 22.1. The first-order chi connectivity index (χ1) is 14.8. The molecule has 0 aromatic heterocycles. The van der Waals surface area contributed by atoms with Gasteiger partial charge >= 0.3 is 7.05 Å². The predicted octanol–water partition coefficient (Wildman–Crippen LogP) is 4.83. The highest BCUT2D eigenvalue weighted by atomic mass is 16.5. The lowest BCUT2D eigenvalue weighted by molar-refractivity contribution is -0.127. The number of benzene rings is 2. The molecule has 2 aromatic rings. The van der Waals surface area contributed by atoms with Gasteiger partial charge in [0.15, 0.2) is 0 Å². The minimum atomic E-state index is -0.778. The highest BCUT2D eigenvalue weighted by Gasteiger charge is 2.43. The van der Waals surface area contributed by atoms with Gasteiger partial charge in [-0.05, 0) is 93.6 Å². The van der Waals surface area contributed by atoms with Crippen molar-refractivity contribution >= 4 is 13.0 Å². The van der Waals surface area contributed by atoms with Crippen LogP contribution in [0.15, 0.2) is 36.4 Å². The van der Waals surface area contributed by atoms with E-state index < -0.39 is 7.05 Å². The van der Waals surface area contributed by atoms with Crippen molar-refractivity contribution < 1.29 is 14.6 Å². The molecule has 4 rings (SSSR count). The summed E-state index contributed by atoms with van der Waals surface area (Å²) in [6.07, 6.45) is 5.71. The molecule has 31 heavy (non-hydrogen) atoms. The molecule has 4 nitrogen and oxygen atoms in total. The van der Waals surface area contributed by atoms with Crippen LogP contribution in [0.4, 0.5) is 0 Å². The second-order valence-electron chi connectivity index (χ2n) is 9.51. The van der Waals surface area contributed by atoms with Crippen LogP contribution < -0.4 is 4.74 Å². The maximum absolute atomic E-state index is 13.3. The van der Waals surface area contributed by atoms with Crippen LogP contribution in [0.5, 0.6) is 5.75 Å². The Bertz CT molecular complexity index is 952. The maximum atomic E-state index is 13.3. The van der Waals surface area contributed by atoms with Gasteiger partial charge in [-0.1, -0.05) is 30.3 Å². The van der Waals surface area contributed by atoms with E-state index in [4.69, 9.17) is 4.74 Å². The van der Waals surface area contributed by atoms with Crippen LogP contribution >= 0.6 is 0 Å². The van der Waals surface area contributed by atoms with E-state index in [1.807, 2.05) is 0 Å². The van der Waals surface area contributed by atoms with Gasteiger partial charge in [0, 0.05) is 18.4 Å². The molecule has 2 unspecified atom stereocenters. The van der Waals surface area contributed by atoms with E-state index in [-0.39, 0.29) is 17.7 Å². The van der Waals surface area contributed by atoms with Crippen LogP contribution in [0, 0.1) is 26.7 Å². The Hall–Kier alpha value is -2.27. The Kier molecular flexibility index (Phi) is 6.43. The molecule has 1 amide bonds. The Morgan fingerprint density at radius 1 is 1.03 bits per heavy atom. The molecule has 1 N–H and O–H groups in total. The van der Waals surface area contributed by atoms with Crippen molar-refractivity contribution in [2.45, 2.75) is 71.7 Å². The van der Waals surface area contributed by atoms with Crippen LogP contribution in [0.3, 0.4) is 0 Å². The lowest BCUT2D eigenvalue weighted by atomic mass is 9.83. The van der Waals surface area contributed by atoms with Gasteiger partial charge in [-0.3, -0.25) is 4.79 Å². The molecule has 5 heteroatoms. The number of ether oxygens (including phenoxy) is 1. The quantitative estimate of drug-likeness (QED) is 0.683. The lowest BCUT2D eigenvalue weighted by Gasteiger charge is -2.21. The zero-order valence-electron chi connectivity index (χ0n) is 19.2. The van der Waals surface area contributed by atoms with Crippen molar-refractivity contribution in [2.24, 2.45) is 5.92 Å². The molecule has 2 aromatic carbocycles. The number of aryl methyl sites for hydroxylation is 3. The highest BCUT2D eigenvalue weighted by molar-refractivity contribution is 6.49. The van der Waals surface area contributed by atoms with E-state index in [0.717, 1.165) is 29.7 Å². The average Bonchev–Trinajstić information content (AvgIpc) is 3.35. The van der Waals surface area contributed by atoms with Crippen molar-refractivity contribution in [2.75, 3.05) is 6.54 Å². The fourth-order valence-electron chi connectivity index (χ4n) is 5.06. The molecule has 1 heterocycles. The van der Waals surface area contributed by atoms with Crippen molar-refractivity contribution in [1.82, 2.24) is 4.81 Å². The lowest BCUT2D eigenvalue weighted by Crippen LogP contribution is -2.39. The first-order valence-electron chi connectivity index (χ1n) is 11.7. The molecule has 1 saturated heterocycles. The van der Waals surface area contributed by atoms with Crippen molar-refractivity contribution in [1.29, 1.82) is 0 Å². The normalized spacial score (nSPS) is 21.7. The molecule has 0 spiro atoms. The van der Waals surface area contributed by atoms with Gasteiger partial charge in [-0.25, -0.2) is 0 Å². The van der Waals surface area contributed by atoms with Crippen LogP contribution in [0.1, 0.15) is 59.4 Å². The van der Waals surface area contributed by atoms with E-state index in [9.17, 15) is 9.82 Å². The second-order valence-corrected chi connectivity index (χ2v) is 9.51.